The van der Waals surface area contributed by atoms with Gasteiger partial charge in [0, 0.05) is 17.0 Å². The van der Waals surface area contributed by atoms with E-state index in [9.17, 15) is 15.0 Å². The molecule has 0 bridgehead atoms. The number of hydrogen-bond donors (Lipinski definition) is 2. The highest BCUT2D eigenvalue weighted by atomic mass is 35.5. The molecule has 0 aromatic heterocycles. The van der Waals surface area contributed by atoms with Crippen LogP contribution in [0.5, 0.6) is 5.75 Å². The Morgan fingerprint density at radius 2 is 2.21 bits per heavy atom. The summed E-state index contributed by atoms with van der Waals surface area (Å²) in [5.41, 5.74) is 0.285. The summed E-state index contributed by atoms with van der Waals surface area (Å²) in [6.45, 7) is 1.38. The van der Waals surface area contributed by atoms with Crippen LogP contribution in [0.1, 0.15) is 25.0 Å². The van der Waals surface area contributed by atoms with Crippen molar-refractivity contribution in [2.24, 2.45) is 0 Å². The zero-order valence-electron chi connectivity index (χ0n) is 7.70. The van der Waals surface area contributed by atoms with Gasteiger partial charge in [0.05, 0.1) is 6.10 Å². The number of Topliss-reactive ketones (excluding diaryl/α,β-unsaturated/α-hetero) is 1. The third-order valence-corrected chi connectivity index (χ3v) is 2.06. The molecule has 1 aromatic carbocycles. The van der Waals surface area contributed by atoms with Gasteiger partial charge in [-0.15, -0.1) is 0 Å². The molecular weight excluding hydrogens is 204 g/mol. The summed E-state index contributed by atoms with van der Waals surface area (Å²) < 4.78 is 0. The molecule has 76 valence electrons. The summed E-state index contributed by atoms with van der Waals surface area (Å²) in [5, 5.41) is 19.4. The number of aliphatic hydroxyl groups is 1. The van der Waals surface area contributed by atoms with Crippen molar-refractivity contribution in [3.05, 3.63) is 28.8 Å². The van der Waals surface area contributed by atoms with Gasteiger partial charge in [-0.3, -0.25) is 4.79 Å². The predicted molar refractivity (Wildman–Crippen MR) is 53.4 cm³/mol. The maximum Gasteiger partial charge on any atom is 0.132 e. The number of benzene rings is 1. The van der Waals surface area contributed by atoms with E-state index in [1.165, 1.54) is 25.1 Å². The van der Waals surface area contributed by atoms with Crippen LogP contribution in [-0.2, 0) is 4.79 Å². The lowest BCUT2D eigenvalue weighted by Crippen LogP contribution is -2.03. The largest absolute Gasteiger partial charge is 0.508 e. The number of phenolic OH excluding ortho intramolecular Hbond substituents is 1. The summed E-state index contributed by atoms with van der Waals surface area (Å²) in [6.07, 6.45) is -1.01. The number of ketones is 1. The molecule has 0 radical (unpaired) electrons. The van der Waals surface area contributed by atoms with E-state index >= 15 is 0 Å². The van der Waals surface area contributed by atoms with Crippen molar-refractivity contribution in [2.45, 2.75) is 19.4 Å². The van der Waals surface area contributed by atoms with Crippen LogP contribution in [0.2, 0.25) is 5.02 Å². The molecule has 0 saturated heterocycles. The van der Waals surface area contributed by atoms with Crippen LogP contribution in [0.25, 0.3) is 0 Å². The fourth-order valence-corrected chi connectivity index (χ4v) is 1.36. The first-order chi connectivity index (χ1) is 6.50. The topological polar surface area (TPSA) is 57.5 Å². The standard InChI is InChI=1S/C10H11ClO3/c1-6(12)4-10(14)8-5-7(11)2-3-9(8)13/h2-3,5,10,13-14H,4H2,1H3/t10-/m0/s1. The zero-order valence-corrected chi connectivity index (χ0v) is 8.45. The quantitative estimate of drug-likeness (QED) is 0.810. The minimum Gasteiger partial charge on any atom is -0.508 e. The lowest BCUT2D eigenvalue weighted by Gasteiger charge is -2.10. The van der Waals surface area contributed by atoms with E-state index < -0.39 is 6.10 Å². The van der Waals surface area contributed by atoms with Crippen LogP contribution in [-0.4, -0.2) is 16.0 Å². The maximum atomic E-state index is 10.7. The molecule has 0 unspecified atom stereocenters. The van der Waals surface area contributed by atoms with Crippen molar-refractivity contribution >= 4 is 17.4 Å². The first kappa shape index (κ1) is 11.0. The van der Waals surface area contributed by atoms with E-state index in [4.69, 9.17) is 11.6 Å². The molecule has 14 heavy (non-hydrogen) atoms. The monoisotopic (exact) mass is 214 g/mol. The SMILES string of the molecule is CC(=O)C[C@H](O)c1cc(Cl)ccc1O. The molecule has 0 spiro atoms. The van der Waals surface area contributed by atoms with E-state index in [-0.39, 0.29) is 23.5 Å². The maximum absolute atomic E-state index is 10.7. The van der Waals surface area contributed by atoms with Gasteiger partial charge in [-0.1, -0.05) is 11.6 Å². The van der Waals surface area contributed by atoms with Crippen LogP contribution < -0.4 is 0 Å². The van der Waals surface area contributed by atoms with Gasteiger partial charge in [0.25, 0.3) is 0 Å². The fourth-order valence-electron chi connectivity index (χ4n) is 1.17. The van der Waals surface area contributed by atoms with Crippen molar-refractivity contribution in [2.75, 3.05) is 0 Å². The molecule has 1 atom stereocenters. The van der Waals surface area contributed by atoms with E-state index in [1.54, 1.807) is 0 Å². The third-order valence-electron chi connectivity index (χ3n) is 1.83. The molecule has 2 N–H and O–H groups in total. The highest BCUT2D eigenvalue weighted by Gasteiger charge is 2.14. The Kier molecular flexibility index (Phi) is 3.49. The lowest BCUT2D eigenvalue weighted by atomic mass is 10.0. The molecular formula is C10H11ClO3. The van der Waals surface area contributed by atoms with Crippen molar-refractivity contribution in [1.29, 1.82) is 0 Å². The van der Waals surface area contributed by atoms with Crippen LogP contribution in [0, 0.1) is 0 Å². The molecule has 0 aliphatic rings. The van der Waals surface area contributed by atoms with E-state index in [2.05, 4.69) is 0 Å². The normalized spacial score (nSPS) is 12.5. The third kappa shape index (κ3) is 2.72. The number of carbonyl (C=O) groups is 1. The summed E-state index contributed by atoms with van der Waals surface area (Å²) in [6, 6.07) is 4.35. The molecule has 1 aromatic rings. The second kappa shape index (κ2) is 4.44. The molecule has 0 heterocycles. The van der Waals surface area contributed by atoms with Gasteiger partial charge in [0.1, 0.15) is 11.5 Å². The van der Waals surface area contributed by atoms with Gasteiger partial charge in [-0.05, 0) is 25.1 Å². The van der Waals surface area contributed by atoms with Crippen LogP contribution in [0.15, 0.2) is 18.2 Å². The number of carbonyl (C=O) groups excluding carboxylic acids is 1. The van der Waals surface area contributed by atoms with Gasteiger partial charge in [0.15, 0.2) is 0 Å². The number of halogens is 1. The van der Waals surface area contributed by atoms with Crippen LogP contribution in [0.3, 0.4) is 0 Å². The smallest absolute Gasteiger partial charge is 0.132 e. The summed E-state index contributed by atoms with van der Waals surface area (Å²) >= 11 is 5.69. The average molecular weight is 215 g/mol. The van der Waals surface area contributed by atoms with Gasteiger partial charge in [-0.2, -0.15) is 0 Å². The Morgan fingerprint density at radius 3 is 2.79 bits per heavy atom. The van der Waals surface area contributed by atoms with Crippen molar-refractivity contribution in [3.63, 3.8) is 0 Å². The fraction of sp³-hybridized carbons (Fsp3) is 0.300. The average Bonchev–Trinajstić information content (AvgIpc) is 2.08. The van der Waals surface area contributed by atoms with Crippen LogP contribution in [0.4, 0.5) is 0 Å². The van der Waals surface area contributed by atoms with E-state index in [1.807, 2.05) is 0 Å². The second-order valence-electron chi connectivity index (χ2n) is 3.13. The molecule has 4 heteroatoms. The number of aromatic hydroxyl groups is 1. The Hall–Kier alpha value is -1.06. The summed E-state index contributed by atoms with van der Waals surface area (Å²) in [4.78, 5) is 10.7. The van der Waals surface area contributed by atoms with Gasteiger partial charge in [-0.25, -0.2) is 0 Å². The molecule has 3 nitrogen and oxygen atoms in total. The van der Waals surface area contributed by atoms with Crippen molar-refractivity contribution in [3.8, 4) is 5.75 Å². The van der Waals surface area contributed by atoms with Gasteiger partial charge >= 0.3 is 0 Å². The molecule has 0 aliphatic heterocycles. The Labute approximate surface area is 86.9 Å². The number of hydrogen-bond acceptors (Lipinski definition) is 3. The summed E-state index contributed by atoms with van der Waals surface area (Å²) in [5.74, 6) is -0.194. The number of aliphatic hydroxyl groups excluding tert-OH is 1. The van der Waals surface area contributed by atoms with Crippen LogP contribution >= 0.6 is 11.6 Å². The van der Waals surface area contributed by atoms with E-state index in [0.717, 1.165) is 0 Å². The summed E-state index contributed by atoms with van der Waals surface area (Å²) in [7, 11) is 0. The first-order valence-electron chi connectivity index (χ1n) is 4.16. The molecule has 0 amide bonds. The number of rotatable bonds is 3. The molecule has 0 saturated carbocycles. The highest BCUT2D eigenvalue weighted by Crippen LogP contribution is 2.29. The minimum atomic E-state index is -0.994. The Balaban J connectivity index is 2.93. The Bertz CT molecular complexity index is 349. The lowest BCUT2D eigenvalue weighted by molar-refractivity contribution is -0.118. The predicted octanol–water partition coefficient (Wildman–Crippen LogP) is 2.06. The van der Waals surface area contributed by atoms with Gasteiger partial charge < -0.3 is 10.2 Å². The van der Waals surface area contributed by atoms with Crippen molar-refractivity contribution < 1.29 is 15.0 Å². The zero-order chi connectivity index (χ0) is 10.7. The second-order valence-corrected chi connectivity index (χ2v) is 3.56. The Morgan fingerprint density at radius 1 is 1.57 bits per heavy atom. The minimum absolute atomic E-state index is 0.0199. The number of phenols is 1. The first-order valence-corrected chi connectivity index (χ1v) is 4.54. The highest BCUT2D eigenvalue weighted by molar-refractivity contribution is 6.30. The van der Waals surface area contributed by atoms with E-state index in [0.29, 0.717) is 5.02 Å². The van der Waals surface area contributed by atoms with Crippen molar-refractivity contribution in [1.82, 2.24) is 0 Å². The van der Waals surface area contributed by atoms with Gasteiger partial charge in [0.2, 0.25) is 0 Å². The molecule has 1 rings (SSSR count). The molecule has 0 aliphatic carbocycles. The molecule has 0 fully saturated rings.